The zero-order chi connectivity index (χ0) is 20.2. The molecule has 1 amide bonds. The van der Waals surface area contributed by atoms with Gasteiger partial charge in [-0.25, -0.2) is 0 Å². The van der Waals surface area contributed by atoms with E-state index in [-0.39, 0.29) is 23.8 Å². The van der Waals surface area contributed by atoms with E-state index in [2.05, 4.69) is 10.4 Å². The molecule has 0 aliphatic carbocycles. The summed E-state index contributed by atoms with van der Waals surface area (Å²) in [6.07, 6.45) is 2.32. The summed E-state index contributed by atoms with van der Waals surface area (Å²) in [5.41, 5.74) is 1.59. The first-order valence-electron chi connectivity index (χ1n) is 9.79. The molecule has 1 aliphatic rings. The van der Waals surface area contributed by atoms with Crippen molar-refractivity contribution >= 4 is 16.8 Å². The third kappa shape index (κ3) is 4.08. The molecule has 4 rings (SSSR count). The third-order valence-electron chi connectivity index (χ3n) is 5.02. The number of amides is 1. The van der Waals surface area contributed by atoms with Crippen molar-refractivity contribution in [1.82, 2.24) is 15.1 Å². The Hall–Kier alpha value is -3.35. The highest BCUT2D eigenvalue weighted by Crippen LogP contribution is 2.33. The van der Waals surface area contributed by atoms with Gasteiger partial charge in [-0.15, -0.1) is 0 Å². The molecule has 29 heavy (non-hydrogen) atoms. The molecule has 0 bridgehead atoms. The minimum atomic E-state index is -0.119. The second-order valence-electron chi connectivity index (χ2n) is 6.93. The van der Waals surface area contributed by atoms with E-state index in [0.29, 0.717) is 30.9 Å². The summed E-state index contributed by atoms with van der Waals surface area (Å²) in [5.74, 6) is 1.37. The molecule has 2 aromatic carbocycles. The molecule has 0 fully saturated rings. The molecule has 3 aromatic rings. The first-order chi connectivity index (χ1) is 14.2. The predicted molar refractivity (Wildman–Crippen MR) is 109 cm³/mol. The van der Waals surface area contributed by atoms with Gasteiger partial charge in [0.05, 0.1) is 24.3 Å². The van der Waals surface area contributed by atoms with Crippen LogP contribution in [-0.4, -0.2) is 28.9 Å². The van der Waals surface area contributed by atoms with Gasteiger partial charge in [-0.2, -0.15) is 5.10 Å². The normalized spacial score (nSPS) is 13.8. The van der Waals surface area contributed by atoms with Crippen LogP contribution in [0.4, 0.5) is 0 Å². The highest BCUT2D eigenvalue weighted by molar-refractivity contribution is 5.79. The molecule has 1 aromatic heterocycles. The maximum Gasteiger partial charge on any atom is 0.222 e. The number of hydrogen-bond donors (Lipinski definition) is 1. The largest absolute Gasteiger partial charge is 0.486 e. The molecule has 1 unspecified atom stereocenters. The van der Waals surface area contributed by atoms with E-state index in [0.717, 1.165) is 23.3 Å². The number of aryl methyl sites for hydroxylation is 1. The van der Waals surface area contributed by atoms with Gasteiger partial charge < -0.3 is 14.8 Å². The SMILES string of the molecule is CCC(NC(=O)CCn1ncc(=O)c2ccccc21)c1ccc2c(c1)OCCO2. The topological polar surface area (TPSA) is 82.5 Å². The highest BCUT2D eigenvalue weighted by Gasteiger charge is 2.18. The molecule has 0 radical (unpaired) electrons. The summed E-state index contributed by atoms with van der Waals surface area (Å²) in [4.78, 5) is 24.5. The van der Waals surface area contributed by atoms with Gasteiger partial charge in [0.2, 0.25) is 11.3 Å². The fraction of sp³-hybridized carbons (Fsp3) is 0.318. The molecule has 1 N–H and O–H groups in total. The minimum Gasteiger partial charge on any atom is -0.486 e. The summed E-state index contributed by atoms with van der Waals surface area (Å²) in [7, 11) is 0. The predicted octanol–water partition coefficient (Wildman–Crippen LogP) is 2.83. The Morgan fingerprint density at radius 1 is 1.17 bits per heavy atom. The van der Waals surface area contributed by atoms with Gasteiger partial charge in [0, 0.05) is 11.8 Å². The van der Waals surface area contributed by atoms with Crippen molar-refractivity contribution in [3.05, 3.63) is 64.4 Å². The van der Waals surface area contributed by atoms with Crippen LogP contribution in [0.2, 0.25) is 0 Å². The monoisotopic (exact) mass is 393 g/mol. The van der Waals surface area contributed by atoms with Crippen LogP contribution in [0, 0.1) is 0 Å². The van der Waals surface area contributed by atoms with Gasteiger partial charge in [0.15, 0.2) is 11.5 Å². The van der Waals surface area contributed by atoms with Crippen molar-refractivity contribution in [2.45, 2.75) is 32.4 Å². The number of ether oxygens (including phenoxy) is 2. The van der Waals surface area contributed by atoms with Crippen LogP contribution in [-0.2, 0) is 11.3 Å². The van der Waals surface area contributed by atoms with Crippen LogP contribution in [0.15, 0.2) is 53.5 Å². The Bertz CT molecular complexity index is 1090. The lowest BCUT2D eigenvalue weighted by atomic mass is 10.0. The van der Waals surface area contributed by atoms with E-state index < -0.39 is 0 Å². The Kier molecular flexibility index (Phi) is 5.46. The molecule has 7 nitrogen and oxygen atoms in total. The highest BCUT2D eigenvalue weighted by atomic mass is 16.6. The van der Waals surface area contributed by atoms with Crippen molar-refractivity contribution in [3.8, 4) is 11.5 Å². The van der Waals surface area contributed by atoms with Gasteiger partial charge in [0.1, 0.15) is 13.2 Å². The molecular weight excluding hydrogens is 370 g/mol. The summed E-state index contributed by atoms with van der Waals surface area (Å²) in [6, 6.07) is 12.9. The molecule has 0 saturated heterocycles. The Labute approximate surface area is 168 Å². The first kappa shape index (κ1) is 19.0. The van der Waals surface area contributed by atoms with Crippen LogP contribution in [0.25, 0.3) is 10.9 Å². The third-order valence-corrected chi connectivity index (χ3v) is 5.02. The summed E-state index contributed by atoms with van der Waals surface area (Å²) >= 11 is 0. The number of nitrogens with zero attached hydrogens (tertiary/aromatic N) is 2. The van der Waals surface area contributed by atoms with Crippen LogP contribution < -0.4 is 20.2 Å². The number of carbonyl (C=O) groups excluding carboxylic acids is 1. The number of benzene rings is 2. The molecule has 0 saturated carbocycles. The Morgan fingerprint density at radius 2 is 1.97 bits per heavy atom. The molecule has 1 atom stereocenters. The van der Waals surface area contributed by atoms with Gasteiger partial charge in [-0.1, -0.05) is 25.1 Å². The van der Waals surface area contributed by atoms with Crippen LogP contribution in [0.3, 0.4) is 0 Å². The number of hydrogen-bond acceptors (Lipinski definition) is 5. The van der Waals surface area contributed by atoms with Crippen molar-refractivity contribution in [1.29, 1.82) is 0 Å². The van der Waals surface area contributed by atoms with Crippen LogP contribution >= 0.6 is 0 Å². The minimum absolute atomic E-state index is 0.0729. The summed E-state index contributed by atoms with van der Waals surface area (Å²) in [5, 5.41) is 7.86. The zero-order valence-electron chi connectivity index (χ0n) is 16.3. The number of aromatic nitrogens is 2. The van der Waals surface area contributed by atoms with Crippen molar-refractivity contribution in [3.63, 3.8) is 0 Å². The van der Waals surface area contributed by atoms with E-state index in [4.69, 9.17) is 9.47 Å². The van der Waals surface area contributed by atoms with Crippen molar-refractivity contribution in [2.75, 3.05) is 13.2 Å². The van der Waals surface area contributed by atoms with Crippen molar-refractivity contribution < 1.29 is 14.3 Å². The van der Waals surface area contributed by atoms with E-state index in [1.54, 1.807) is 10.7 Å². The van der Waals surface area contributed by atoms with Gasteiger partial charge in [0.25, 0.3) is 0 Å². The standard InChI is InChI=1S/C22H23N3O4/c1-2-17(15-7-8-20-21(13-15)29-12-11-28-20)24-22(27)9-10-25-18-6-4-3-5-16(18)19(26)14-23-25/h3-8,13-14,17H,2,9-12H2,1H3,(H,24,27). The Morgan fingerprint density at radius 3 is 2.79 bits per heavy atom. The zero-order valence-corrected chi connectivity index (χ0v) is 16.3. The number of rotatable bonds is 6. The lowest BCUT2D eigenvalue weighted by Crippen LogP contribution is -2.29. The van der Waals surface area contributed by atoms with Crippen molar-refractivity contribution in [2.24, 2.45) is 0 Å². The Balaban J connectivity index is 1.44. The maximum atomic E-state index is 12.6. The quantitative estimate of drug-likeness (QED) is 0.696. The molecule has 1 aliphatic heterocycles. The summed E-state index contributed by atoms with van der Waals surface area (Å²) in [6.45, 7) is 3.50. The number of para-hydroxylation sites is 1. The molecule has 150 valence electrons. The van der Waals surface area contributed by atoms with Gasteiger partial charge >= 0.3 is 0 Å². The van der Waals surface area contributed by atoms with E-state index in [1.807, 2.05) is 43.3 Å². The van der Waals surface area contributed by atoms with Gasteiger partial charge in [-0.3, -0.25) is 14.3 Å². The van der Waals surface area contributed by atoms with Gasteiger partial charge in [-0.05, 0) is 36.2 Å². The fourth-order valence-corrected chi connectivity index (χ4v) is 3.51. The molecule has 0 spiro atoms. The van der Waals surface area contributed by atoms with E-state index in [1.165, 1.54) is 6.20 Å². The number of carbonyl (C=O) groups is 1. The van der Waals surface area contributed by atoms with E-state index in [9.17, 15) is 9.59 Å². The average Bonchev–Trinajstić information content (AvgIpc) is 2.77. The smallest absolute Gasteiger partial charge is 0.222 e. The summed E-state index contributed by atoms with van der Waals surface area (Å²) < 4.78 is 12.9. The maximum absolute atomic E-state index is 12.6. The first-order valence-corrected chi connectivity index (χ1v) is 9.79. The lowest BCUT2D eigenvalue weighted by Gasteiger charge is -2.22. The second kappa shape index (κ2) is 8.34. The number of fused-ring (bicyclic) bond motifs is 2. The second-order valence-corrected chi connectivity index (χ2v) is 6.93. The molecular formula is C22H23N3O4. The molecule has 2 heterocycles. The van der Waals surface area contributed by atoms with E-state index >= 15 is 0 Å². The average molecular weight is 393 g/mol. The molecule has 7 heteroatoms. The van der Waals surface area contributed by atoms with Crippen LogP contribution in [0.5, 0.6) is 11.5 Å². The number of nitrogens with one attached hydrogen (secondary N) is 1. The lowest BCUT2D eigenvalue weighted by molar-refractivity contribution is -0.122. The van der Waals surface area contributed by atoms with Crippen LogP contribution in [0.1, 0.15) is 31.4 Å². The fourth-order valence-electron chi connectivity index (χ4n) is 3.51.